The minimum atomic E-state index is -0.201. The van der Waals surface area contributed by atoms with E-state index in [-0.39, 0.29) is 17.1 Å². The number of esters is 1. The van der Waals surface area contributed by atoms with Gasteiger partial charge in [0.25, 0.3) is 0 Å². The van der Waals surface area contributed by atoms with Gasteiger partial charge in [0.2, 0.25) is 5.91 Å². The van der Waals surface area contributed by atoms with Crippen molar-refractivity contribution in [2.75, 3.05) is 19.4 Å². The van der Waals surface area contributed by atoms with E-state index in [1.54, 1.807) is 11.8 Å². The summed E-state index contributed by atoms with van der Waals surface area (Å²) in [5, 5.41) is 2.93. The largest absolute Gasteiger partial charge is 0.469 e. The van der Waals surface area contributed by atoms with Gasteiger partial charge in [-0.3, -0.25) is 9.59 Å². The van der Waals surface area contributed by atoms with Crippen LogP contribution in [-0.4, -0.2) is 36.5 Å². The maximum Gasteiger partial charge on any atom is 0.306 e. The number of methoxy groups -OCH3 is 1. The lowest BCUT2D eigenvalue weighted by molar-refractivity contribution is -0.140. The molecule has 15 heavy (non-hydrogen) atoms. The zero-order valence-corrected chi connectivity index (χ0v) is 10.4. The molecule has 1 amide bonds. The molecule has 0 saturated carbocycles. The summed E-state index contributed by atoms with van der Waals surface area (Å²) >= 11 is 1.61. The average Bonchev–Trinajstić information content (AvgIpc) is 2.18. The molecule has 0 aromatic rings. The van der Waals surface area contributed by atoms with Gasteiger partial charge in [0.1, 0.15) is 0 Å². The number of carbonyl (C=O) groups excluding carboxylic acids is 2. The number of ether oxygens (including phenoxy) is 1. The van der Waals surface area contributed by atoms with E-state index in [0.717, 1.165) is 5.75 Å². The second kappa shape index (κ2) is 8.59. The summed E-state index contributed by atoms with van der Waals surface area (Å²) in [5.41, 5.74) is 0. The number of thioether (sulfide) groups is 1. The first kappa shape index (κ1) is 14.3. The van der Waals surface area contributed by atoms with Gasteiger partial charge in [-0.05, 0) is 6.92 Å². The maximum atomic E-state index is 11.1. The Labute approximate surface area is 95.1 Å². The highest BCUT2D eigenvalue weighted by atomic mass is 32.2. The lowest BCUT2D eigenvalue weighted by Gasteiger charge is -2.09. The van der Waals surface area contributed by atoms with E-state index in [2.05, 4.69) is 10.1 Å². The second-order valence-electron chi connectivity index (χ2n) is 3.17. The molecule has 1 unspecified atom stereocenters. The minimum Gasteiger partial charge on any atom is -0.469 e. The van der Waals surface area contributed by atoms with Crippen LogP contribution in [0.25, 0.3) is 0 Å². The molecule has 0 rings (SSSR count). The van der Waals surface area contributed by atoms with E-state index in [9.17, 15) is 9.59 Å². The van der Waals surface area contributed by atoms with Crippen molar-refractivity contribution in [1.29, 1.82) is 0 Å². The predicted octanol–water partition coefficient (Wildman–Crippen LogP) is 1.20. The van der Waals surface area contributed by atoms with Crippen LogP contribution in [0.3, 0.4) is 0 Å². The standard InChI is InChI=1S/C10H19NO3S/c1-4-11-9(12)5-6-15-8(2)7-10(13)14-3/h8H,4-7H2,1-3H3,(H,11,12). The van der Waals surface area contributed by atoms with Crippen LogP contribution >= 0.6 is 11.8 Å². The molecule has 88 valence electrons. The number of amides is 1. The van der Waals surface area contributed by atoms with Crippen molar-refractivity contribution in [2.45, 2.75) is 31.9 Å². The minimum absolute atomic E-state index is 0.0651. The van der Waals surface area contributed by atoms with Gasteiger partial charge in [-0.1, -0.05) is 6.92 Å². The Morgan fingerprint density at radius 3 is 2.67 bits per heavy atom. The molecular weight excluding hydrogens is 214 g/mol. The molecule has 0 aliphatic rings. The molecule has 0 aromatic heterocycles. The Balaban J connectivity index is 3.50. The smallest absolute Gasteiger partial charge is 0.306 e. The van der Waals surface area contributed by atoms with Crippen LogP contribution in [0.15, 0.2) is 0 Å². The van der Waals surface area contributed by atoms with Gasteiger partial charge in [-0.15, -0.1) is 0 Å². The zero-order valence-electron chi connectivity index (χ0n) is 9.54. The van der Waals surface area contributed by atoms with Crippen LogP contribution in [0, 0.1) is 0 Å². The summed E-state index contributed by atoms with van der Waals surface area (Å²) in [4.78, 5) is 22.0. The molecule has 0 bridgehead atoms. The van der Waals surface area contributed by atoms with E-state index in [0.29, 0.717) is 19.4 Å². The van der Waals surface area contributed by atoms with E-state index in [1.807, 2.05) is 13.8 Å². The Hall–Kier alpha value is -0.710. The quantitative estimate of drug-likeness (QED) is 0.671. The first-order valence-corrected chi connectivity index (χ1v) is 6.10. The topological polar surface area (TPSA) is 55.4 Å². The first-order chi connectivity index (χ1) is 7.10. The van der Waals surface area contributed by atoms with Crippen molar-refractivity contribution in [2.24, 2.45) is 0 Å². The molecule has 0 radical (unpaired) electrons. The van der Waals surface area contributed by atoms with Gasteiger partial charge in [-0.2, -0.15) is 11.8 Å². The molecule has 0 saturated heterocycles. The summed E-state index contributed by atoms with van der Waals surface area (Å²) in [6, 6.07) is 0. The lowest BCUT2D eigenvalue weighted by Crippen LogP contribution is -2.23. The molecule has 0 aromatic carbocycles. The van der Waals surface area contributed by atoms with Crippen LogP contribution in [-0.2, 0) is 14.3 Å². The van der Waals surface area contributed by atoms with Crippen LogP contribution < -0.4 is 5.32 Å². The third-order valence-corrected chi connectivity index (χ3v) is 2.96. The van der Waals surface area contributed by atoms with Crippen molar-refractivity contribution in [3.05, 3.63) is 0 Å². The molecule has 5 heteroatoms. The van der Waals surface area contributed by atoms with Crippen molar-refractivity contribution >= 4 is 23.6 Å². The number of hydrogen-bond donors (Lipinski definition) is 1. The van der Waals surface area contributed by atoms with E-state index >= 15 is 0 Å². The highest BCUT2D eigenvalue weighted by Gasteiger charge is 2.10. The SMILES string of the molecule is CCNC(=O)CCSC(C)CC(=O)OC. The van der Waals surface area contributed by atoms with Gasteiger partial charge < -0.3 is 10.1 Å². The summed E-state index contributed by atoms with van der Waals surface area (Å²) in [7, 11) is 1.38. The van der Waals surface area contributed by atoms with Crippen LogP contribution in [0.4, 0.5) is 0 Å². The summed E-state index contributed by atoms with van der Waals surface area (Å²) in [6.45, 7) is 4.52. The fourth-order valence-corrected chi connectivity index (χ4v) is 1.97. The summed E-state index contributed by atoms with van der Waals surface area (Å²) < 4.78 is 4.56. The lowest BCUT2D eigenvalue weighted by atomic mass is 10.3. The van der Waals surface area contributed by atoms with Crippen molar-refractivity contribution in [1.82, 2.24) is 5.32 Å². The molecule has 0 aliphatic carbocycles. The predicted molar refractivity (Wildman–Crippen MR) is 61.9 cm³/mol. The average molecular weight is 233 g/mol. The summed E-state index contributed by atoms with van der Waals surface area (Å²) in [6.07, 6.45) is 0.903. The Kier molecular flexibility index (Phi) is 8.18. The normalized spacial score (nSPS) is 11.9. The van der Waals surface area contributed by atoms with Crippen molar-refractivity contribution in [3.63, 3.8) is 0 Å². The van der Waals surface area contributed by atoms with Crippen LogP contribution in [0.5, 0.6) is 0 Å². The van der Waals surface area contributed by atoms with Crippen LogP contribution in [0.2, 0.25) is 0 Å². The highest BCUT2D eigenvalue weighted by molar-refractivity contribution is 7.99. The molecule has 0 fully saturated rings. The molecule has 4 nitrogen and oxygen atoms in total. The van der Waals surface area contributed by atoms with E-state index < -0.39 is 0 Å². The van der Waals surface area contributed by atoms with Gasteiger partial charge in [0.15, 0.2) is 0 Å². The van der Waals surface area contributed by atoms with Gasteiger partial charge >= 0.3 is 5.97 Å². The number of rotatable bonds is 7. The third-order valence-electron chi connectivity index (χ3n) is 1.79. The summed E-state index contributed by atoms with van der Waals surface area (Å²) in [5.74, 6) is 0.604. The monoisotopic (exact) mass is 233 g/mol. The highest BCUT2D eigenvalue weighted by Crippen LogP contribution is 2.15. The molecule has 1 atom stereocenters. The van der Waals surface area contributed by atoms with E-state index in [1.165, 1.54) is 7.11 Å². The molecular formula is C10H19NO3S. The number of nitrogens with one attached hydrogen (secondary N) is 1. The van der Waals surface area contributed by atoms with E-state index in [4.69, 9.17) is 0 Å². The van der Waals surface area contributed by atoms with Gasteiger partial charge in [-0.25, -0.2) is 0 Å². The second-order valence-corrected chi connectivity index (χ2v) is 4.71. The molecule has 1 N–H and O–H groups in total. The molecule has 0 aliphatic heterocycles. The van der Waals surface area contributed by atoms with Crippen molar-refractivity contribution in [3.8, 4) is 0 Å². The fraction of sp³-hybridized carbons (Fsp3) is 0.800. The molecule has 0 heterocycles. The van der Waals surface area contributed by atoms with Crippen molar-refractivity contribution < 1.29 is 14.3 Å². The maximum absolute atomic E-state index is 11.1. The third kappa shape index (κ3) is 8.30. The van der Waals surface area contributed by atoms with Gasteiger partial charge in [0.05, 0.1) is 13.5 Å². The number of hydrogen-bond acceptors (Lipinski definition) is 4. The Morgan fingerprint density at radius 2 is 2.13 bits per heavy atom. The van der Waals surface area contributed by atoms with Gasteiger partial charge in [0, 0.05) is 24.0 Å². The first-order valence-electron chi connectivity index (χ1n) is 5.05. The fourth-order valence-electron chi connectivity index (χ4n) is 1.02. The Bertz CT molecular complexity index is 209. The zero-order chi connectivity index (χ0) is 11.7. The number of carbonyl (C=O) groups is 2. The Morgan fingerprint density at radius 1 is 1.47 bits per heavy atom. The molecule has 0 spiro atoms. The van der Waals surface area contributed by atoms with Crippen LogP contribution in [0.1, 0.15) is 26.7 Å².